The zero-order valence-corrected chi connectivity index (χ0v) is 18.2. The maximum Gasteiger partial charge on any atom is 0.123 e. The van der Waals surface area contributed by atoms with Crippen LogP contribution in [-0.2, 0) is 17.6 Å². The smallest absolute Gasteiger partial charge is 0.123 e. The van der Waals surface area contributed by atoms with Crippen LogP contribution in [0.5, 0.6) is 5.75 Å². The number of ether oxygens (including phenoxy) is 1. The van der Waals surface area contributed by atoms with E-state index in [1.807, 2.05) is 18.3 Å². The second kappa shape index (κ2) is 7.73. The van der Waals surface area contributed by atoms with Crippen molar-refractivity contribution in [1.82, 2.24) is 9.88 Å². The Labute approximate surface area is 174 Å². The van der Waals surface area contributed by atoms with Crippen LogP contribution in [0.25, 0.3) is 0 Å². The number of aliphatic hydroxyl groups is 1. The predicted octanol–water partition coefficient (Wildman–Crippen LogP) is 4.51. The van der Waals surface area contributed by atoms with Gasteiger partial charge in [0.05, 0.1) is 12.7 Å². The minimum atomic E-state index is -0.750. The minimum absolute atomic E-state index is 0.111. The average molecular weight is 395 g/mol. The fourth-order valence-corrected chi connectivity index (χ4v) is 5.35. The van der Waals surface area contributed by atoms with E-state index < -0.39 is 5.60 Å². The molecular weight excluding hydrogens is 360 g/mol. The Morgan fingerprint density at radius 2 is 1.90 bits per heavy atom. The molecule has 1 unspecified atom stereocenters. The van der Waals surface area contributed by atoms with Crippen LogP contribution in [-0.4, -0.2) is 35.2 Å². The molecule has 156 valence electrons. The summed E-state index contributed by atoms with van der Waals surface area (Å²) in [5, 5.41) is 11.8. The Morgan fingerprint density at radius 1 is 1.17 bits per heavy atom. The van der Waals surface area contributed by atoms with Crippen molar-refractivity contribution >= 4 is 0 Å². The first-order valence-corrected chi connectivity index (χ1v) is 10.8. The van der Waals surface area contributed by atoms with E-state index in [0.29, 0.717) is 0 Å². The van der Waals surface area contributed by atoms with Crippen molar-refractivity contribution in [3.05, 3.63) is 59.4 Å². The number of hydrogen-bond acceptors (Lipinski definition) is 4. The van der Waals surface area contributed by atoms with E-state index in [4.69, 9.17) is 4.74 Å². The fourth-order valence-electron chi connectivity index (χ4n) is 5.35. The third kappa shape index (κ3) is 3.80. The van der Waals surface area contributed by atoms with Gasteiger partial charge in [0, 0.05) is 55.0 Å². The molecule has 1 aliphatic heterocycles. The van der Waals surface area contributed by atoms with Crippen LogP contribution in [0.1, 0.15) is 56.7 Å². The third-order valence-corrected chi connectivity index (χ3v) is 6.97. The quantitative estimate of drug-likeness (QED) is 0.829. The number of pyridine rings is 1. The molecule has 3 atom stereocenters. The van der Waals surface area contributed by atoms with Crippen molar-refractivity contribution in [2.45, 2.75) is 57.6 Å². The molecule has 0 radical (unpaired) electrons. The molecule has 2 aromatic rings. The molecule has 0 spiro atoms. The van der Waals surface area contributed by atoms with Crippen LogP contribution in [0.3, 0.4) is 0 Å². The normalized spacial score (nSPS) is 27.6. The monoisotopic (exact) mass is 394 g/mol. The maximum atomic E-state index is 11.8. The molecule has 4 rings (SSSR count). The van der Waals surface area contributed by atoms with Crippen LogP contribution in [0.15, 0.2) is 42.7 Å². The molecule has 1 aromatic carbocycles. The van der Waals surface area contributed by atoms with E-state index in [1.165, 1.54) is 17.5 Å². The first kappa shape index (κ1) is 20.4. The van der Waals surface area contributed by atoms with E-state index in [0.717, 1.165) is 43.8 Å². The number of piperidine rings is 1. The highest BCUT2D eigenvalue weighted by Crippen LogP contribution is 2.49. The van der Waals surface area contributed by atoms with Gasteiger partial charge in [-0.15, -0.1) is 0 Å². The summed E-state index contributed by atoms with van der Waals surface area (Å²) in [5.74, 6) is 1.45. The first-order chi connectivity index (χ1) is 13.8. The van der Waals surface area contributed by atoms with E-state index >= 15 is 0 Å². The highest BCUT2D eigenvalue weighted by atomic mass is 16.5. The van der Waals surface area contributed by atoms with Crippen LogP contribution in [0, 0.1) is 11.8 Å². The van der Waals surface area contributed by atoms with Gasteiger partial charge in [-0.25, -0.2) is 0 Å². The van der Waals surface area contributed by atoms with Crippen molar-refractivity contribution in [2.75, 3.05) is 20.2 Å². The van der Waals surface area contributed by atoms with Crippen LogP contribution in [0.4, 0.5) is 0 Å². The summed E-state index contributed by atoms with van der Waals surface area (Å²) in [5.41, 5.74) is 2.92. The van der Waals surface area contributed by atoms with Crippen molar-refractivity contribution in [3.8, 4) is 5.75 Å². The molecule has 0 amide bonds. The summed E-state index contributed by atoms with van der Waals surface area (Å²) in [6.45, 7) is 9.42. The van der Waals surface area contributed by atoms with Crippen LogP contribution < -0.4 is 4.74 Å². The third-order valence-electron chi connectivity index (χ3n) is 6.97. The Kier molecular flexibility index (Phi) is 5.43. The second-order valence-corrected chi connectivity index (χ2v) is 9.86. The molecule has 4 heteroatoms. The summed E-state index contributed by atoms with van der Waals surface area (Å²) in [7, 11) is 1.75. The Balaban J connectivity index is 1.59. The molecule has 1 aliphatic carbocycles. The second-order valence-electron chi connectivity index (χ2n) is 9.86. The summed E-state index contributed by atoms with van der Waals surface area (Å²) in [6.07, 6.45) is 6.98. The summed E-state index contributed by atoms with van der Waals surface area (Å²) in [6, 6.07) is 10.6. The first-order valence-electron chi connectivity index (χ1n) is 10.8. The lowest BCUT2D eigenvalue weighted by atomic mass is 9.63. The highest BCUT2D eigenvalue weighted by molar-refractivity contribution is 5.40. The molecule has 1 saturated carbocycles. The molecule has 1 aromatic heterocycles. The van der Waals surface area contributed by atoms with Gasteiger partial charge in [-0.3, -0.25) is 9.88 Å². The van der Waals surface area contributed by atoms with Crippen molar-refractivity contribution in [2.24, 2.45) is 11.8 Å². The predicted molar refractivity (Wildman–Crippen MR) is 116 cm³/mol. The molecule has 1 N–H and O–H groups in total. The van der Waals surface area contributed by atoms with Crippen molar-refractivity contribution in [3.63, 3.8) is 0 Å². The minimum Gasteiger partial charge on any atom is -0.496 e. The topological polar surface area (TPSA) is 45.6 Å². The number of benzene rings is 1. The van der Waals surface area contributed by atoms with Crippen LogP contribution in [0.2, 0.25) is 0 Å². The van der Waals surface area contributed by atoms with Gasteiger partial charge >= 0.3 is 0 Å². The van der Waals surface area contributed by atoms with Gasteiger partial charge < -0.3 is 9.84 Å². The zero-order valence-electron chi connectivity index (χ0n) is 18.2. The van der Waals surface area contributed by atoms with Gasteiger partial charge in [-0.05, 0) is 36.0 Å². The molecule has 4 nitrogen and oxygen atoms in total. The summed E-state index contributed by atoms with van der Waals surface area (Å²) >= 11 is 0. The molecule has 2 fully saturated rings. The van der Waals surface area contributed by atoms with Gasteiger partial charge in [-0.1, -0.05) is 45.4 Å². The molecule has 2 aliphatic rings. The lowest BCUT2D eigenvalue weighted by Crippen LogP contribution is -2.57. The van der Waals surface area contributed by atoms with E-state index in [9.17, 15) is 5.11 Å². The van der Waals surface area contributed by atoms with E-state index in [1.54, 1.807) is 13.3 Å². The van der Waals surface area contributed by atoms with Gasteiger partial charge in [0.15, 0.2) is 0 Å². The average Bonchev–Trinajstić information content (AvgIpc) is 2.69. The van der Waals surface area contributed by atoms with Gasteiger partial charge in [0.2, 0.25) is 0 Å². The molecule has 29 heavy (non-hydrogen) atoms. The number of hydrogen-bond donors (Lipinski definition) is 1. The molecular formula is C25H34N2O2. The number of likely N-dealkylation sites (tertiary alicyclic amines) is 1. The lowest BCUT2D eigenvalue weighted by molar-refractivity contribution is -0.148. The fraction of sp³-hybridized carbons (Fsp3) is 0.560. The standard InChI is InChI=1S/C25H34N2O2/c1-24(2,3)19-10-11-23(29-4)18(13-19)15-27-16-21-7-5-8-22(17-27)25(21,28)20-9-6-12-26-14-20/h6,9-14,21-22,28H,5,7-8,15-17H2,1-4H3/t21-,22+,25?. The number of fused-ring (bicyclic) bond motifs is 2. The van der Waals surface area contributed by atoms with Crippen molar-refractivity contribution < 1.29 is 9.84 Å². The summed E-state index contributed by atoms with van der Waals surface area (Å²) in [4.78, 5) is 6.80. The number of aromatic nitrogens is 1. The number of nitrogens with zero attached hydrogens (tertiary/aromatic N) is 2. The largest absolute Gasteiger partial charge is 0.496 e. The maximum absolute atomic E-state index is 11.8. The Hall–Kier alpha value is -1.91. The molecule has 1 saturated heterocycles. The van der Waals surface area contributed by atoms with Crippen LogP contribution >= 0.6 is 0 Å². The SMILES string of the molecule is COc1ccc(C(C)(C)C)cc1CN1C[C@H]2CCC[C@@H](C1)C2(O)c1cccnc1. The highest BCUT2D eigenvalue weighted by Gasteiger charge is 2.51. The number of rotatable bonds is 4. The zero-order chi connectivity index (χ0) is 20.6. The number of methoxy groups -OCH3 is 1. The van der Waals surface area contributed by atoms with Gasteiger partial charge in [0.1, 0.15) is 5.75 Å². The molecule has 2 heterocycles. The van der Waals surface area contributed by atoms with E-state index in [-0.39, 0.29) is 17.3 Å². The van der Waals surface area contributed by atoms with Gasteiger partial charge in [0.25, 0.3) is 0 Å². The Bertz CT molecular complexity index is 830. The van der Waals surface area contributed by atoms with Crippen molar-refractivity contribution in [1.29, 1.82) is 0 Å². The lowest BCUT2D eigenvalue weighted by Gasteiger charge is -2.53. The van der Waals surface area contributed by atoms with Gasteiger partial charge in [-0.2, -0.15) is 0 Å². The molecule has 2 bridgehead atoms. The van der Waals surface area contributed by atoms with E-state index in [2.05, 4.69) is 48.9 Å². The Morgan fingerprint density at radius 3 is 2.48 bits per heavy atom. The summed E-state index contributed by atoms with van der Waals surface area (Å²) < 4.78 is 5.67.